The van der Waals surface area contributed by atoms with Gasteiger partial charge in [-0.2, -0.15) is 0 Å². The Bertz CT molecular complexity index is 1290. The number of nitrogens with one attached hydrogen (secondary N) is 1. The molecule has 13 heteroatoms. The molecule has 1 unspecified atom stereocenters. The highest BCUT2D eigenvalue weighted by atomic mass is 35.5. The quantitative estimate of drug-likeness (QED) is 0.335. The fourth-order valence-electron chi connectivity index (χ4n) is 4.11. The van der Waals surface area contributed by atoms with Crippen LogP contribution in [0.1, 0.15) is 38.2 Å². The van der Waals surface area contributed by atoms with Crippen LogP contribution in [0.25, 0.3) is 0 Å². The summed E-state index contributed by atoms with van der Waals surface area (Å²) in [7, 11) is -3.99. The molecule has 0 aromatic heterocycles. The largest absolute Gasteiger partial charge is 0.352 e. The minimum atomic E-state index is -3.99. The summed E-state index contributed by atoms with van der Waals surface area (Å²) in [5.74, 6) is -0.966. The van der Waals surface area contributed by atoms with Gasteiger partial charge in [-0.25, -0.2) is 8.42 Å². The fraction of sp³-hybridized carbons (Fsp3) is 0.417. The topological polar surface area (TPSA) is 86.8 Å². The van der Waals surface area contributed by atoms with Gasteiger partial charge < -0.3 is 10.2 Å². The molecule has 2 aromatic carbocycles. The summed E-state index contributed by atoms with van der Waals surface area (Å²) < 4.78 is 26.3. The van der Waals surface area contributed by atoms with Gasteiger partial charge in [0, 0.05) is 12.6 Å². The van der Waals surface area contributed by atoms with E-state index in [1.165, 1.54) is 17.0 Å². The highest BCUT2D eigenvalue weighted by molar-refractivity contribution is 7.92. The number of sulfonamides is 1. The average molecular weight is 630 g/mol. The summed E-state index contributed by atoms with van der Waals surface area (Å²) in [6, 6.07) is 6.57. The molecule has 202 valence electrons. The zero-order valence-electron chi connectivity index (χ0n) is 20.1. The molecule has 3 rings (SSSR count). The summed E-state index contributed by atoms with van der Waals surface area (Å²) in [4.78, 5) is 28.1. The first-order valence-electron chi connectivity index (χ1n) is 11.4. The number of hydrogen-bond donors (Lipinski definition) is 1. The Hall–Kier alpha value is -1.42. The maximum atomic E-state index is 13.7. The van der Waals surface area contributed by atoms with Gasteiger partial charge in [-0.05, 0) is 49.6 Å². The van der Waals surface area contributed by atoms with Gasteiger partial charge in [0.05, 0.1) is 37.1 Å². The number of carbonyl (C=O) groups is 2. The number of benzene rings is 2. The van der Waals surface area contributed by atoms with E-state index in [1.54, 1.807) is 25.1 Å². The Morgan fingerprint density at radius 3 is 2.14 bits per heavy atom. The van der Waals surface area contributed by atoms with Crippen LogP contribution >= 0.6 is 58.0 Å². The van der Waals surface area contributed by atoms with E-state index in [0.717, 1.165) is 36.2 Å². The second-order valence-corrected chi connectivity index (χ2v) is 12.9. The molecule has 37 heavy (non-hydrogen) atoms. The first kappa shape index (κ1) is 30.1. The van der Waals surface area contributed by atoms with Crippen molar-refractivity contribution in [1.29, 1.82) is 0 Å². The van der Waals surface area contributed by atoms with E-state index >= 15 is 0 Å². The maximum absolute atomic E-state index is 13.7. The molecule has 0 heterocycles. The predicted octanol–water partition coefficient (Wildman–Crippen LogP) is 6.20. The van der Waals surface area contributed by atoms with Crippen molar-refractivity contribution in [1.82, 2.24) is 10.2 Å². The molecule has 1 aliphatic rings. The van der Waals surface area contributed by atoms with E-state index in [0.29, 0.717) is 10.6 Å². The second-order valence-electron chi connectivity index (χ2n) is 8.92. The van der Waals surface area contributed by atoms with E-state index < -0.39 is 28.5 Å². The van der Waals surface area contributed by atoms with Gasteiger partial charge in [0.15, 0.2) is 0 Å². The number of amides is 2. The normalized spacial score (nSPS) is 14.9. The van der Waals surface area contributed by atoms with Crippen LogP contribution in [-0.4, -0.2) is 50.0 Å². The summed E-state index contributed by atoms with van der Waals surface area (Å²) in [6.45, 7) is 0.956. The van der Waals surface area contributed by atoms with E-state index in [-0.39, 0.29) is 44.3 Å². The van der Waals surface area contributed by atoms with E-state index in [1.807, 2.05) is 0 Å². The van der Waals surface area contributed by atoms with Gasteiger partial charge in [0.25, 0.3) is 0 Å². The monoisotopic (exact) mass is 627 g/mol. The third kappa shape index (κ3) is 7.80. The molecule has 1 aliphatic carbocycles. The smallest absolute Gasteiger partial charge is 0.244 e. The van der Waals surface area contributed by atoms with Crippen molar-refractivity contribution in [2.75, 3.05) is 17.1 Å². The number of rotatable bonds is 9. The third-order valence-electron chi connectivity index (χ3n) is 6.14. The molecule has 1 saturated carbocycles. The maximum Gasteiger partial charge on any atom is 0.244 e. The van der Waals surface area contributed by atoms with E-state index in [4.69, 9.17) is 58.0 Å². The molecule has 2 aromatic rings. The number of halogens is 5. The Morgan fingerprint density at radius 1 is 0.946 bits per heavy atom. The van der Waals surface area contributed by atoms with Crippen molar-refractivity contribution in [3.8, 4) is 0 Å². The lowest BCUT2D eigenvalue weighted by Gasteiger charge is -2.32. The molecule has 2 amide bonds. The van der Waals surface area contributed by atoms with Crippen molar-refractivity contribution in [2.24, 2.45) is 0 Å². The Balaban J connectivity index is 1.94. The molecule has 0 radical (unpaired) electrons. The van der Waals surface area contributed by atoms with E-state index in [9.17, 15) is 18.0 Å². The van der Waals surface area contributed by atoms with Crippen LogP contribution in [0.15, 0.2) is 30.3 Å². The lowest BCUT2D eigenvalue weighted by molar-refractivity contribution is -0.139. The van der Waals surface area contributed by atoms with Crippen molar-refractivity contribution in [2.45, 2.75) is 51.2 Å². The summed E-state index contributed by atoms with van der Waals surface area (Å²) in [6.07, 6.45) is 4.74. The van der Waals surface area contributed by atoms with Crippen LogP contribution in [0.5, 0.6) is 0 Å². The molecule has 1 N–H and O–H groups in total. The molecule has 0 spiro atoms. The lowest BCUT2D eigenvalue weighted by atomic mass is 10.1. The van der Waals surface area contributed by atoms with Crippen molar-refractivity contribution in [3.05, 3.63) is 61.0 Å². The van der Waals surface area contributed by atoms with E-state index in [2.05, 4.69) is 5.32 Å². The summed E-state index contributed by atoms with van der Waals surface area (Å²) >= 11 is 30.6. The van der Waals surface area contributed by atoms with Crippen LogP contribution in [-0.2, 0) is 26.2 Å². The molecule has 0 saturated heterocycles. The van der Waals surface area contributed by atoms with Gasteiger partial charge in [0.1, 0.15) is 12.6 Å². The SMILES string of the molecule is CC(C(=O)NC1CCCC1)N(Cc1ccc(Cl)c(Cl)c1)C(=O)CN(c1cc(Cl)c(Cl)cc1Cl)S(C)(=O)=O. The van der Waals surface area contributed by atoms with Crippen LogP contribution in [0.3, 0.4) is 0 Å². The van der Waals surface area contributed by atoms with Crippen LogP contribution in [0.2, 0.25) is 25.1 Å². The van der Waals surface area contributed by atoms with Gasteiger partial charge in [0.2, 0.25) is 21.8 Å². The van der Waals surface area contributed by atoms with Crippen molar-refractivity contribution < 1.29 is 18.0 Å². The number of hydrogen-bond acceptors (Lipinski definition) is 4. The first-order chi connectivity index (χ1) is 17.3. The zero-order chi connectivity index (χ0) is 27.5. The first-order valence-corrected chi connectivity index (χ1v) is 15.2. The van der Waals surface area contributed by atoms with Crippen molar-refractivity contribution >= 4 is 85.5 Å². The van der Waals surface area contributed by atoms with Crippen molar-refractivity contribution in [3.63, 3.8) is 0 Å². The highest BCUT2D eigenvalue weighted by Gasteiger charge is 2.32. The molecule has 7 nitrogen and oxygen atoms in total. The number of nitrogens with zero attached hydrogens (tertiary/aromatic N) is 2. The molecular weight excluding hydrogens is 604 g/mol. The van der Waals surface area contributed by atoms with Gasteiger partial charge in [-0.3, -0.25) is 13.9 Å². The molecule has 1 fully saturated rings. The zero-order valence-corrected chi connectivity index (χ0v) is 24.7. The minimum absolute atomic E-state index is 0.00400. The van der Waals surface area contributed by atoms with Gasteiger partial charge in [-0.1, -0.05) is 76.9 Å². The molecule has 0 aliphatic heterocycles. The molecule has 0 bridgehead atoms. The Labute approximate surface area is 242 Å². The summed E-state index contributed by atoms with van der Waals surface area (Å²) in [5, 5.41) is 3.82. The fourth-order valence-corrected chi connectivity index (χ4v) is 5.97. The Kier molecular flexibility index (Phi) is 10.3. The highest BCUT2D eigenvalue weighted by Crippen LogP contribution is 2.35. The van der Waals surface area contributed by atoms with Gasteiger partial charge >= 0.3 is 0 Å². The van der Waals surface area contributed by atoms with Gasteiger partial charge in [-0.15, -0.1) is 0 Å². The lowest BCUT2D eigenvalue weighted by Crippen LogP contribution is -2.52. The predicted molar refractivity (Wildman–Crippen MR) is 151 cm³/mol. The second kappa shape index (κ2) is 12.6. The Morgan fingerprint density at radius 2 is 1.54 bits per heavy atom. The van der Waals surface area contributed by atoms with Crippen LogP contribution < -0.4 is 9.62 Å². The minimum Gasteiger partial charge on any atom is -0.352 e. The van der Waals surface area contributed by atoms with Crippen LogP contribution in [0.4, 0.5) is 5.69 Å². The number of carbonyl (C=O) groups excluding carboxylic acids is 2. The molecule has 1 atom stereocenters. The number of anilines is 1. The molecular formula is C24H26Cl5N3O4S. The van der Waals surface area contributed by atoms with Crippen LogP contribution in [0, 0.1) is 0 Å². The standard InChI is InChI=1S/C24H26Cl5N3O4S/c1-14(24(34)30-16-5-3-4-6-16)31(12-15-7-8-17(25)18(26)9-15)23(33)13-32(37(2,35)36)22-11-20(28)19(27)10-21(22)29/h7-11,14,16H,3-6,12-13H2,1-2H3,(H,30,34). The average Bonchev–Trinajstić information content (AvgIpc) is 3.32. The third-order valence-corrected chi connectivity index (χ3v) is 9.03. The summed E-state index contributed by atoms with van der Waals surface area (Å²) in [5.41, 5.74) is 0.603.